The second-order valence-corrected chi connectivity index (χ2v) is 3.29. The molecular formula is C8H17IO7. The van der Waals surface area contributed by atoms with Crippen LogP contribution in [0.1, 0.15) is 0 Å². The third-order valence-electron chi connectivity index (χ3n) is 2.22. The molecule has 16 heavy (non-hydrogen) atoms. The molecule has 7 nitrogen and oxygen atoms in total. The molecule has 0 radical (unpaired) electrons. The van der Waals surface area contributed by atoms with Crippen LogP contribution in [0, 0.1) is 0 Å². The third kappa shape index (κ3) is 3.74. The van der Waals surface area contributed by atoms with Crippen molar-refractivity contribution < 1.29 is 35.0 Å². The Bertz CT molecular complexity index is 191. The van der Waals surface area contributed by atoms with E-state index in [-0.39, 0.29) is 37.2 Å². The first kappa shape index (κ1) is 16.4. The van der Waals surface area contributed by atoms with Crippen molar-refractivity contribution in [2.45, 2.75) is 30.7 Å². The summed E-state index contributed by atoms with van der Waals surface area (Å²) in [6.07, 6.45) is -6.38. The predicted octanol–water partition coefficient (Wildman–Crippen LogP) is -2.59. The molecule has 1 aliphatic rings. The normalized spacial score (nSPS) is 39.2. The number of aliphatic hydroxyl groups is 5. The lowest BCUT2D eigenvalue weighted by atomic mass is 9.99. The molecule has 5 N–H and O–H groups in total. The molecule has 8 heteroatoms. The molecule has 0 saturated carbocycles. The molecule has 1 heterocycles. The zero-order valence-corrected chi connectivity index (χ0v) is 10.8. The lowest BCUT2D eigenvalue weighted by molar-refractivity contribution is -0.302. The van der Waals surface area contributed by atoms with Crippen LogP contribution >= 0.6 is 24.0 Å². The van der Waals surface area contributed by atoms with Crippen molar-refractivity contribution in [3.63, 3.8) is 0 Å². The molecule has 1 saturated heterocycles. The Morgan fingerprint density at radius 1 is 1.00 bits per heavy atom. The summed E-state index contributed by atoms with van der Waals surface area (Å²) < 4.78 is 9.88. The first-order valence-corrected chi connectivity index (χ1v) is 4.64. The van der Waals surface area contributed by atoms with E-state index < -0.39 is 37.3 Å². The SMILES string of the molecule is I.OCCOC1O[C@@H](CO)[C@@H](O)[C@@H](O)[C@@H]1O. The third-order valence-corrected chi connectivity index (χ3v) is 2.22. The minimum atomic E-state index is -1.44. The molecule has 5 atom stereocenters. The Morgan fingerprint density at radius 3 is 2.12 bits per heavy atom. The molecule has 0 aromatic heterocycles. The lowest BCUT2D eigenvalue weighted by Crippen LogP contribution is -2.59. The van der Waals surface area contributed by atoms with Crippen LogP contribution in [0.5, 0.6) is 0 Å². The highest BCUT2D eigenvalue weighted by atomic mass is 127. The van der Waals surface area contributed by atoms with Crippen LogP contribution in [0.25, 0.3) is 0 Å². The first-order chi connectivity index (χ1) is 7.11. The van der Waals surface area contributed by atoms with Gasteiger partial charge in [-0.3, -0.25) is 0 Å². The summed E-state index contributed by atoms with van der Waals surface area (Å²) in [7, 11) is 0. The van der Waals surface area contributed by atoms with E-state index in [9.17, 15) is 15.3 Å². The molecule has 1 aliphatic heterocycles. The van der Waals surface area contributed by atoms with Gasteiger partial charge in [-0.1, -0.05) is 0 Å². The van der Waals surface area contributed by atoms with E-state index in [1.165, 1.54) is 0 Å². The first-order valence-electron chi connectivity index (χ1n) is 4.64. The summed E-state index contributed by atoms with van der Waals surface area (Å²) in [4.78, 5) is 0. The smallest absolute Gasteiger partial charge is 0.186 e. The summed E-state index contributed by atoms with van der Waals surface area (Å²) in [5, 5.41) is 45.5. The Balaban J connectivity index is 0.00000225. The monoisotopic (exact) mass is 352 g/mol. The summed E-state index contributed by atoms with van der Waals surface area (Å²) >= 11 is 0. The number of ether oxygens (including phenoxy) is 2. The van der Waals surface area contributed by atoms with Crippen LogP contribution in [0.4, 0.5) is 0 Å². The van der Waals surface area contributed by atoms with Crippen molar-refractivity contribution in [2.24, 2.45) is 0 Å². The average Bonchev–Trinajstić information content (AvgIpc) is 2.25. The van der Waals surface area contributed by atoms with E-state index >= 15 is 0 Å². The molecule has 0 aromatic carbocycles. The number of rotatable bonds is 4. The van der Waals surface area contributed by atoms with Crippen molar-refractivity contribution >= 4 is 24.0 Å². The van der Waals surface area contributed by atoms with Gasteiger partial charge >= 0.3 is 0 Å². The molecule has 98 valence electrons. The van der Waals surface area contributed by atoms with Crippen LogP contribution in [0.3, 0.4) is 0 Å². The van der Waals surface area contributed by atoms with Gasteiger partial charge in [0.05, 0.1) is 19.8 Å². The molecule has 0 spiro atoms. The highest BCUT2D eigenvalue weighted by molar-refractivity contribution is 14.0. The number of hydrogen-bond acceptors (Lipinski definition) is 7. The standard InChI is InChI=1S/C8H16O7.HI/c9-1-2-14-8-7(13)6(12)5(11)4(3-10)15-8;/h4-13H,1-3H2;1H/t4-,5+,6+,7-,8?;/m0./s1. The van der Waals surface area contributed by atoms with E-state index in [0.717, 1.165) is 0 Å². The van der Waals surface area contributed by atoms with Gasteiger partial charge < -0.3 is 35.0 Å². The largest absolute Gasteiger partial charge is 0.394 e. The van der Waals surface area contributed by atoms with Crippen molar-refractivity contribution in [3.8, 4) is 0 Å². The second-order valence-electron chi connectivity index (χ2n) is 3.29. The van der Waals surface area contributed by atoms with Gasteiger partial charge in [0.15, 0.2) is 6.29 Å². The Morgan fingerprint density at radius 2 is 1.62 bits per heavy atom. The molecular weight excluding hydrogens is 335 g/mol. The van der Waals surface area contributed by atoms with E-state index in [4.69, 9.17) is 19.7 Å². The Labute approximate surface area is 110 Å². The van der Waals surface area contributed by atoms with Crippen molar-refractivity contribution in [1.29, 1.82) is 0 Å². The van der Waals surface area contributed by atoms with Gasteiger partial charge in [0, 0.05) is 0 Å². The van der Waals surface area contributed by atoms with Gasteiger partial charge in [-0.2, -0.15) is 0 Å². The Hall–Kier alpha value is 0.450. The zero-order chi connectivity index (χ0) is 11.4. The maximum atomic E-state index is 9.42. The van der Waals surface area contributed by atoms with Gasteiger partial charge in [0.2, 0.25) is 0 Å². The highest BCUT2D eigenvalue weighted by Gasteiger charge is 2.43. The maximum absolute atomic E-state index is 9.42. The number of hydrogen-bond donors (Lipinski definition) is 5. The van der Waals surface area contributed by atoms with Crippen molar-refractivity contribution in [2.75, 3.05) is 19.8 Å². The fourth-order valence-electron chi connectivity index (χ4n) is 1.37. The van der Waals surface area contributed by atoms with Crippen molar-refractivity contribution in [3.05, 3.63) is 0 Å². The van der Waals surface area contributed by atoms with Gasteiger partial charge in [-0.25, -0.2) is 0 Å². The van der Waals surface area contributed by atoms with Crippen molar-refractivity contribution in [1.82, 2.24) is 0 Å². The van der Waals surface area contributed by atoms with Gasteiger partial charge in [-0.15, -0.1) is 24.0 Å². The van der Waals surface area contributed by atoms with E-state index in [2.05, 4.69) is 0 Å². The van der Waals surface area contributed by atoms with Crippen LogP contribution in [0.15, 0.2) is 0 Å². The number of aliphatic hydroxyl groups excluding tert-OH is 5. The second kappa shape index (κ2) is 7.71. The quantitative estimate of drug-likeness (QED) is 0.353. The van der Waals surface area contributed by atoms with Crippen LogP contribution in [-0.2, 0) is 9.47 Å². The predicted molar refractivity (Wildman–Crippen MR) is 62.2 cm³/mol. The lowest BCUT2D eigenvalue weighted by Gasteiger charge is -2.39. The van der Waals surface area contributed by atoms with E-state index in [1.54, 1.807) is 0 Å². The minimum Gasteiger partial charge on any atom is -0.394 e. The van der Waals surface area contributed by atoms with Gasteiger partial charge in [-0.05, 0) is 0 Å². The highest BCUT2D eigenvalue weighted by Crippen LogP contribution is 2.21. The molecule has 0 amide bonds. The molecule has 0 aromatic rings. The average molecular weight is 352 g/mol. The number of halogens is 1. The van der Waals surface area contributed by atoms with Crippen LogP contribution < -0.4 is 0 Å². The maximum Gasteiger partial charge on any atom is 0.186 e. The molecule has 1 unspecified atom stereocenters. The Kier molecular flexibility index (Phi) is 7.93. The fraction of sp³-hybridized carbons (Fsp3) is 1.00. The minimum absolute atomic E-state index is 0. The topological polar surface area (TPSA) is 120 Å². The molecule has 1 rings (SSSR count). The molecule has 0 aliphatic carbocycles. The van der Waals surface area contributed by atoms with Crippen LogP contribution in [0.2, 0.25) is 0 Å². The summed E-state index contributed by atoms with van der Waals surface area (Å²) in [5.74, 6) is 0. The summed E-state index contributed by atoms with van der Waals surface area (Å²) in [6, 6.07) is 0. The van der Waals surface area contributed by atoms with E-state index in [1.807, 2.05) is 0 Å². The summed E-state index contributed by atoms with van der Waals surface area (Å²) in [5.41, 5.74) is 0. The molecule has 0 bridgehead atoms. The summed E-state index contributed by atoms with van der Waals surface area (Å²) in [6.45, 7) is -0.818. The van der Waals surface area contributed by atoms with Crippen LogP contribution in [-0.4, -0.2) is 76.1 Å². The zero-order valence-electron chi connectivity index (χ0n) is 8.47. The van der Waals surface area contributed by atoms with E-state index in [0.29, 0.717) is 0 Å². The fourth-order valence-corrected chi connectivity index (χ4v) is 1.37. The van der Waals surface area contributed by atoms with Gasteiger partial charge in [0.25, 0.3) is 0 Å². The molecule has 1 fully saturated rings. The van der Waals surface area contributed by atoms with Gasteiger partial charge in [0.1, 0.15) is 24.4 Å².